The van der Waals surface area contributed by atoms with Gasteiger partial charge in [-0.05, 0) is 110 Å². The highest BCUT2D eigenvalue weighted by Crippen LogP contribution is 2.62. The molecule has 0 spiro atoms. The molecule has 4 aliphatic carbocycles. The van der Waals surface area contributed by atoms with Gasteiger partial charge in [-0.3, -0.25) is 0 Å². The van der Waals surface area contributed by atoms with Crippen LogP contribution in [0.1, 0.15) is 62.1 Å². The molecule has 0 aromatic heterocycles. The number of hydrogen-bond acceptors (Lipinski definition) is 3. The number of carboxylic acid groups (broad SMARTS) is 1. The Balaban J connectivity index is 1.46. The zero-order valence-corrected chi connectivity index (χ0v) is 23.1. The Morgan fingerprint density at radius 1 is 0.974 bits per heavy atom. The summed E-state index contributed by atoms with van der Waals surface area (Å²) in [5.74, 6) is 3.02. The van der Waals surface area contributed by atoms with E-state index in [0.29, 0.717) is 29.5 Å². The summed E-state index contributed by atoms with van der Waals surface area (Å²) in [6, 6.07) is 20.5. The first-order valence-electron chi connectivity index (χ1n) is 14.1. The van der Waals surface area contributed by atoms with Gasteiger partial charge >= 0.3 is 5.97 Å². The van der Waals surface area contributed by atoms with Gasteiger partial charge in [-0.15, -0.1) is 0 Å². The first-order valence-corrected chi connectivity index (χ1v) is 14.5. The van der Waals surface area contributed by atoms with Gasteiger partial charge in [-0.2, -0.15) is 0 Å². The van der Waals surface area contributed by atoms with Crippen LogP contribution >= 0.6 is 11.6 Å². The molecule has 7 rings (SSSR count). The van der Waals surface area contributed by atoms with Crippen LogP contribution in [0.4, 0.5) is 0 Å². The molecule has 4 nitrogen and oxygen atoms in total. The first kappa shape index (κ1) is 26.0. The fourth-order valence-electron chi connectivity index (χ4n) is 7.83. The summed E-state index contributed by atoms with van der Waals surface area (Å²) in [7, 11) is 0. The van der Waals surface area contributed by atoms with Crippen molar-refractivity contribution in [2.24, 2.45) is 17.8 Å². The number of hydrogen-bond donors (Lipinski definition) is 1. The predicted octanol–water partition coefficient (Wildman–Crippen LogP) is 8.55. The summed E-state index contributed by atoms with van der Waals surface area (Å²) < 4.78 is 12.7. The van der Waals surface area contributed by atoms with Crippen molar-refractivity contribution in [1.82, 2.24) is 0 Å². The molecule has 0 saturated heterocycles. The number of halogens is 1. The van der Waals surface area contributed by atoms with Gasteiger partial charge in [0, 0.05) is 27.8 Å². The minimum Gasteiger partial charge on any atom is -0.493 e. The van der Waals surface area contributed by atoms with Crippen molar-refractivity contribution < 1.29 is 19.4 Å². The van der Waals surface area contributed by atoms with Crippen molar-refractivity contribution >= 4 is 23.6 Å². The molecule has 39 heavy (non-hydrogen) atoms. The van der Waals surface area contributed by atoms with Gasteiger partial charge in [0.05, 0.1) is 6.61 Å². The summed E-state index contributed by atoms with van der Waals surface area (Å²) in [6.07, 6.45) is 10.5. The molecule has 0 heterocycles. The van der Waals surface area contributed by atoms with E-state index in [2.05, 4.69) is 30.3 Å². The van der Waals surface area contributed by atoms with E-state index in [1.54, 1.807) is 12.1 Å². The van der Waals surface area contributed by atoms with Gasteiger partial charge in [0.2, 0.25) is 0 Å². The van der Waals surface area contributed by atoms with E-state index >= 15 is 0 Å². The third-order valence-electron chi connectivity index (χ3n) is 8.91. The molecule has 0 amide bonds. The Kier molecular flexibility index (Phi) is 7.16. The zero-order chi connectivity index (χ0) is 27.0. The van der Waals surface area contributed by atoms with E-state index in [-0.39, 0.29) is 5.41 Å². The normalized spacial score (nSPS) is 25.2. The van der Waals surface area contributed by atoms with Crippen LogP contribution in [0.15, 0.2) is 66.7 Å². The van der Waals surface area contributed by atoms with Crippen LogP contribution < -0.4 is 9.47 Å². The van der Waals surface area contributed by atoms with Crippen molar-refractivity contribution in [2.75, 3.05) is 6.61 Å². The van der Waals surface area contributed by atoms with E-state index in [1.807, 2.05) is 31.2 Å². The van der Waals surface area contributed by atoms with Gasteiger partial charge in [-0.25, -0.2) is 4.79 Å². The molecule has 0 aliphatic heterocycles. The van der Waals surface area contributed by atoms with Crippen LogP contribution in [0.3, 0.4) is 0 Å². The molecule has 0 atom stereocenters. The lowest BCUT2D eigenvalue weighted by Gasteiger charge is -2.57. The van der Waals surface area contributed by atoms with Crippen molar-refractivity contribution in [3.8, 4) is 22.6 Å². The number of ether oxygens (including phenoxy) is 2. The Hall–Kier alpha value is -3.24. The van der Waals surface area contributed by atoms with E-state index in [9.17, 15) is 9.90 Å². The van der Waals surface area contributed by atoms with Gasteiger partial charge < -0.3 is 14.6 Å². The largest absolute Gasteiger partial charge is 0.493 e. The summed E-state index contributed by atoms with van der Waals surface area (Å²) >= 11 is 6.57. The molecular formula is C34H35ClO4. The third-order valence-corrected chi connectivity index (χ3v) is 9.13. The summed E-state index contributed by atoms with van der Waals surface area (Å²) in [5.41, 5.74) is 5.13. The lowest BCUT2D eigenvalue weighted by atomic mass is 9.48. The van der Waals surface area contributed by atoms with Gasteiger partial charge in [-0.1, -0.05) is 48.0 Å². The van der Waals surface area contributed by atoms with E-state index in [4.69, 9.17) is 21.1 Å². The van der Waals surface area contributed by atoms with E-state index in [0.717, 1.165) is 46.3 Å². The number of carboxylic acids is 1. The smallest absolute Gasteiger partial charge is 0.328 e. The zero-order valence-electron chi connectivity index (χ0n) is 22.4. The second-order valence-corrected chi connectivity index (χ2v) is 12.1. The fourth-order valence-corrected chi connectivity index (χ4v) is 8.06. The summed E-state index contributed by atoms with van der Waals surface area (Å²) in [6.45, 7) is 2.93. The van der Waals surface area contributed by atoms with Gasteiger partial charge in [0.25, 0.3) is 0 Å². The molecule has 202 valence electrons. The highest BCUT2D eigenvalue weighted by Gasteiger charge is 2.52. The van der Waals surface area contributed by atoms with Crippen LogP contribution in [-0.2, 0) is 16.8 Å². The van der Waals surface area contributed by atoms with Crippen molar-refractivity contribution in [1.29, 1.82) is 0 Å². The van der Waals surface area contributed by atoms with Crippen molar-refractivity contribution in [3.05, 3.63) is 88.5 Å². The average Bonchev–Trinajstić information content (AvgIpc) is 2.91. The lowest BCUT2D eigenvalue weighted by Crippen LogP contribution is -2.48. The maximum atomic E-state index is 11.3. The quantitative estimate of drug-likeness (QED) is 0.275. The molecule has 4 aliphatic rings. The minimum atomic E-state index is -1.01. The predicted molar refractivity (Wildman–Crippen MR) is 155 cm³/mol. The van der Waals surface area contributed by atoms with Crippen molar-refractivity contribution in [3.63, 3.8) is 0 Å². The summed E-state index contributed by atoms with van der Waals surface area (Å²) in [5, 5.41) is 9.77. The van der Waals surface area contributed by atoms with Crippen LogP contribution in [0, 0.1) is 17.8 Å². The van der Waals surface area contributed by atoms with E-state index in [1.165, 1.54) is 44.1 Å². The molecule has 4 fully saturated rings. The minimum absolute atomic E-state index is 0.132. The Bertz CT molecular complexity index is 1360. The SMILES string of the molecule is CCOc1c(C=CC(=O)O)cc(Cl)cc1-c1ccc(OCc2ccccc2)c(C23CC4CC(CC(C4)C2)C3)c1. The molecule has 4 saturated carbocycles. The van der Waals surface area contributed by atoms with Crippen LogP contribution in [0.25, 0.3) is 17.2 Å². The van der Waals surface area contributed by atoms with Crippen molar-refractivity contribution in [2.45, 2.75) is 57.5 Å². The molecule has 0 unspecified atom stereocenters. The maximum Gasteiger partial charge on any atom is 0.328 e. The van der Waals surface area contributed by atoms with Gasteiger partial charge in [0.1, 0.15) is 18.1 Å². The Morgan fingerprint density at radius 3 is 2.31 bits per heavy atom. The second-order valence-electron chi connectivity index (χ2n) is 11.7. The highest BCUT2D eigenvalue weighted by atomic mass is 35.5. The molecule has 0 radical (unpaired) electrons. The summed E-state index contributed by atoms with van der Waals surface area (Å²) in [4.78, 5) is 11.3. The second kappa shape index (κ2) is 10.7. The molecule has 3 aromatic rings. The van der Waals surface area contributed by atoms with Crippen LogP contribution in [0.2, 0.25) is 5.02 Å². The number of carbonyl (C=O) groups is 1. The monoisotopic (exact) mass is 542 g/mol. The highest BCUT2D eigenvalue weighted by molar-refractivity contribution is 6.31. The molecule has 5 heteroatoms. The van der Waals surface area contributed by atoms with E-state index < -0.39 is 5.97 Å². The maximum absolute atomic E-state index is 11.3. The standard InChI is InChI=1S/C34H35ClO4/c1-2-38-33-27(9-11-32(36)37)15-28(35)17-29(33)26-8-10-31(39-21-22-6-4-3-5-7-22)30(16-26)34-18-23-12-24(19-34)14-25(13-23)20-34/h3-11,15-17,23-25H,2,12-14,18-21H2,1H3,(H,36,37). The van der Waals surface area contributed by atoms with Crippen LogP contribution in [-0.4, -0.2) is 17.7 Å². The molecule has 3 aromatic carbocycles. The lowest BCUT2D eigenvalue weighted by molar-refractivity contribution is -0.131. The number of benzene rings is 3. The molecule has 4 bridgehead atoms. The van der Waals surface area contributed by atoms with Crippen LogP contribution in [0.5, 0.6) is 11.5 Å². The fraction of sp³-hybridized carbons (Fsp3) is 0.382. The molecular weight excluding hydrogens is 508 g/mol. The average molecular weight is 543 g/mol. The Labute approximate surface area is 235 Å². The van der Waals surface area contributed by atoms with Gasteiger partial charge in [0.15, 0.2) is 0 Å². The topological polar surface area (TPSA) is 55.8 Å². The number of aliphatic carboxylic acids is 1. The third kappa shape index (κ3) is 5.32. The number of rotatable bonds is 9. The Morgan fingerprint density at radius 2 is 1.67 bits per heavy atom. The molecule has 1 N–H and O–H groups in total. The first-order chi connectivity index (χ1) is 18.9.